The predicted molar refractivity (Wildman–Crippen MR) is 109 cm³/mol. The molecule has 0 unspecified atom stereocenters. The molecular formula is C22H25FN4O2. The fourth-order valence-electron chi connectivity index (χ4n) is 3.83. The quantitative estimate of drug-likeness (QED) is 0.618. The summed E-state index contributed by atoms with van der Waals surface area (Å²) >= 11 is 0. The smallest absolute Gasteiger partial charge is 0.227 e. The molecular weight excluding hydrogens is 371 g/mol. The second-order valence-electron chi connectivity index (χ2n) is 7.40. The maximum atomic E-state index is 13.1. The highest BCUT2D eigenvalue weighted by Crippen LogP contribution is 2.33. The van der Waals surface area contributed by atoms with Crippen LogP contribution in [0.3, 0.4) is 0 Å². The van der Waals surface area contributed by atoms with Gasteiger partial charge in [0, 0.05) is 47.6 Å². The van der Waals surface area contributed by atoms with E-state index in [2.05, 4.69) is 4.98 Å². The van der Waals surface area contributed by atoms with E-state index < -0.39 is 6.67 Å². The number of benzene rings is 1. The first-order valence-electron chi connectivity index (χ1n) is 9.97. The van der Waals surface area contributed by atoms with Crippen LogP contribution in [0.1, 0.15) is 35.9 Å². The van der Waals surface area contributed by atoms with E-state index in [-0.39, 0.29) is 12.3 Å². The fourth-order valence-corrected chi connectivity index (χ4v) is 3.83. The van der Waals surface area contributed by atoms with Gasteiger partial charge in [-0.05, 0) is 45.0 Å². The van der Waals surface area contributed by atoms with Crippen LogP contribution in [0.2, 0.25) is 0 Å². The van der Waals surface area contributed by atoms with Crippen molar-refractivity contribution in [1.82, 2.24) is 19.5 Å². The van der Waals surface area contributed by atoms with E-state index in [4.69, 9.17) is 9.84 Å². The zero-order chi connectivity index (χ0) is 20.5. The number of ether oxygens (including phenoxy) is 1. The van der Waals surface area contributed by atoms with Gasteiger partial charge >= 0.3 is 0 Å². The van der Waals surface area contributed by atoms with Crippen molar-refractivity contribution in [3.05, 3.63) is 46.8 Å². The molecule has 2 bridgehead atoms. The zero-order valence-corrected chi connectivity index (χ0v) is 17.0. The van der Waals surface area contributed by atoms with Gasteiger partial charge in [0.1, 0.15) is 5.75 Å². The van der Waals surface area contributed by atoms with E-state index in [9.17, 15) is 9.18 Å². The number of amides is 1. The molecule has 1 aliphatic rings. The highest BCUT2D eigenvalue weighted by molar-refractivity contribution is 5.85. The molecule has 2 aromatic heterocycles. The third-order valence-electron chi connectivity index (χ3n) is 5.28. The Morgan fingerprint density at radius 1 is 1.24 bits per heavy atom. The van der Waals surface area contributed by atoms with Crippen LogP contribution in [0, 0.1) is 13.8 Å². The Hall–Kier alpha value is -2.96. The van der Waals surface area contributed by atoms with Crippen LogP contribution in [0.25, 0.3) is 16.9 Å². The number of alkyl halides is 1. The Balaban J connectivity index is 1.89. The Bertz CT molecular complexity index is 1080. The molecule has 1 amide bonds. The van der Waals surface area contributed by atoms with Crippen molar-refractivity contribution in [2.24, 2.45) is 0 Å². The van der Waals surface area contributed by atoms with Gasteiger partial charge in [-0.3, -0.25) is 9.18 Å². The third-order valence-corrected chi connectivity index (χ3v) is 5.28. The molecule has 3 aromatic rings. The molecule has 4 rings (SSSR count). The number of halogens is 1. The highest BCUT2D eigenvalue weighted by Gasteiger charge is 2.25. The van der Waals surface area contributed by atoms with Gasteiger partial charge in [0.25, 0.3) is 0 Å². The summed E-state index contributed by atoms with van der Waals surface area (Å²) in [6, 6.07) is 7.85. The van der Waals surface area contributed by atoms with Gasteiger partial charge in [0.05, 0.1) is 25.4 Å². The standard InChI is InChI=1S/C22H25FN4O2/c1-4-26-13-17-11-16(6-7-19(17)29-9-5-8-23)21-18(12-20(26)28)22-24-14(2)10-15(3)27(22)25-21/h6-7,10-11H,4-5,8-9,12-13H2,1-3H3. The lowest BCUT2D eigenvalue weighted by molar-refractivity contribution is -0.130. The van der Waals surface area contributed by atoms with E-state index >= 15 is 0 Å². The van der Waals surface area contributed by atoms with E-state index in [1.807, 2.05) is 54.5 Å². The second kappa shape index (κ2) is 7.81. The van der Waals surface area contributed by atoms with Crippen LogP contribution in [-0.2, 0) is 17.8 Å². The van der Waals surface area contributed by atoms with Crippen LogP contribution >= 0.6 is 0 Å². The zero-order valence-electron chi connectivity index (χ0n) is 17.0. The van der Waals surface area contributed by atoms with Gasteiger partial charge in [-0.25, -0.2) is 9.50 Å². The topological polar surface area (TPSA) is 59.7 Å². The minimum atomic E-state index is -0.413. The third kappa shape index (κ3) is 3.57. The number of fused-ring (bicyclic) bond motifs is 6. The van der Waals surface area contributed by atoms with Gasteiger partial charge in [-0.1, -0.05) is 0 Å². The van der Waals surface area contributed by atoms with Gasteiger partial charge in [-0.15, -0.1) is 0 Å². The number of nitrogens with zero attached hydrogens (tertiary/aromatic N) is 4. The lowest BCUT2D eigenvalue weighted by atomic mass is 10.0. The Morgan fingerprint density at radius 3 is 2.83 bits per heavy atom. The van der Waals surface area contributed by atoms with Gasteiger partial charge in [0.15, 0.2) is 5.65 Å². The molecule has 0 saturated carbocycles. The van der Waals surface area contributed by atoms with E-state index in [1.54, 1.807) is 0 Å². The normalized spacial score (nSPS) is 13.8. The van der Waals surface area contributed by atoms with Gasteiger partial charge < -0.3 is 9.64 Å². The lowest BCUT2D eigenvalue weighted by Crippen LogP contribution is -2.31. The number of likely N-dealkylation sites (N-methyl/N-ethyl adjacent to an activating group) is 1. The molecule has 0 atom stereocenters. The summed E-state index contributed by atoms with van der Waals surface area (Å²) in [6.45, 7) is 6.84. The van der Waals surface area contributed by atoms with E-state index in [0.29, 0.717) is 31.9 Å². The number of hydrogen-bond acceptors (Lipinski definition) is 4. The van der Waals surface area contributed by atoms with Crippen LogP contribution in [-0.4, -0.2) is 45.2 Å². The first kappa shape index (κ1) is 19.4. The van der Waals surface area contributed by atoms with Crippen LogP contribution in [0.4, 0.5) is 4.39 Å². The van der Waals surface area contributed by atoms with Crippen LogP contribution in [0.5, 0.6) is 5.75 Å². The molecule has 0 radical (unpaired) electrons. The van der Waals surface area contributed by atoms with Crippen molar-refractivity contribution < 1.29 is 13.9 Å². The molecule has 0 saturated heterocycles. The average Bonchev–Trinajstić information content (AvgIpc) is 3.06. The minimum Gasteiger partial charge on any atom is -0.493 e. The number of carbonyl (C=O) groups excluding carboxylic acids is 1. The summed E-state index contributed by atoms with van der Waals surface area (Å²) in [7, 11) is 0. The molecule has 0 N–H and O–H groups in total. The molecule has 29 heavy (non-hydrogen) atoms. The largest absolute Gasteiger partial charge is 0.493 e. The maximum Gasteiger partial charge on any atom is 0.227 e. The number of hydrogen-bond donors (Lipinski definition) is 0. The van der Waals surface area contributed by atoms with Crippen molar-refractivity contribution >= 4 is 11.6 Å². The minimum absolute atomic E-state index is 0.0294. The monoisotopic (exact) mass is 396 g/mol. The molecule has 1 aromatic carbocycles. The van der Waals surface area contributed by atoms with Crippen molar-refractivity contribution in [3.63, 3.8) is 0 Å². The number of aryl methyl sites for hydroxylation is 2. The molecule has 0 spiro atoms. The summed E-state index contributed by atoms with van der Waals surface area (Å²) < 4.78 is 20.1. The van der Waals surface area contributed by atoms with Crippen molar-refractivity contribution in [1.29, 1.82) is 0 Å². The van der Waals surface area contributed by atoms with Crippen LogP contribution < -0.4 is 4.74 Å². The number of rotatable bonds is 5. The Labute approximate surface area is 169 Å². The van der Waals surface area contributed by atoms with Crippen molar-refractivity contribution in [3.8, 4) is 17.0 Å². The SMILES string of the molecule is CCN1Cc2cc(ccc2OCCCF)-c2nn3c(C)cc(C)nc3c2CC1=O. The fraction of sp³-hybridized carbons (Fsp3) is 0.409. The summed E-state index contributed by atoms with van der Waals surface area (Å²) in [6.07, 6.45) is 0.595. The molecule has 0 aliphatic carbocycles. The molecule has 3 heterocycles. The Kier molecular flexibility index (Phi) is 5.22. The first-order chi connectivity index (χ1) is 14.0. The summed E-state index contributed by atoms with van der Waals surface area (Å²) in [5.41, 5.74) is 6.06. The first-order valence-corrected chi connectivity index (χ1v) is 9.97. The van der Waals surface area contributed by atoms with E-state index in [0.717, 1.165) is 39.4 Å². The van der Waals surface area contributed by atoms with Gasteiger partial charge in [0.2, 0.25) is 5.91 Å². The molecule has 6 nitrogen and oxygen atoms in total. The summed E-state index contributed by atoms with van der Waals surface area (Å²) in [5, 5.41) is 4.79. The average molecular weight is 396 g/mol. The summed E-state index contributed by atoms with van der Waals surface area (Å²) in [4.78, 5) is 19.6. The molecule has 152 valence electrons. The van der Waals surface area contributed by atoms with Crippen LogP contribution in [0.15, 0.2) is 24.3 Å². The molecule has 0 fully saturated rings. The predicted octanol–water partition coefficient (Wildman–Crippen LogP) is 3.66. The van der Waals surface area contributed by atoms with Crippen molar-refractivity contribution in [2.45, 2.75) is 40.2 Å². The molecule has 1 aliphatic heterocycles. The lowest BCUT2D eigenvalue weighted by Gasteiger charge is -2.22. The highest BCUT2D eigenvalue weighted by atomic mass is 19.1. The number of aromatic nitrogens is 3. The second-order valence-corrected chi connectivity index (χ2v) is 7.40. The van der Waals surface area contributed by atoms with E-state index in [1.165, 1.54) is 0 Å². The van der Waals surface area contributed by atoms with Gasteiger partial charge in [-0.2, -0.15) is 5.10 Å². The summed E-state index contributed by atoms with van der Waals surface area (Å²) in [5.74, 6) is 0.715. The Morgan fingerprint density at radius 2 is 2.07 bits per heavy atom. The molecule has 7 heteroatoms. The number of carbonyl (C=O) groups is 1. The maximum absolute atomic E-state index is 13.1. The van der Waals surface area contributed by atoms with Crippen molar-refractivity contribution in [2.75, 3.05) is 19.8 Å².